The fourth-order valence-electron chi connectivity index (χ4n) is 9.85. The molecule has 0 saturated heterocycles. The highest BCUT2D eigenvalue weighted by Gasteiger charge is 2.30. The van der Waals surface area contributed by atoms with Gasteiger partial charge in [0.25, 0.3) is 0 Å². The first-order valence-electron chi connectivity index (χ1n) is 34.5. The van der Waals surface area contributed by atoms with E-state index in [9.17, 15) is 43.2 Å². The summed E-state index contributed by atoms with van der Waals surface area (Å²) in [4.78, 5) is 72.3. The van der Waals surface area contributed by atoms with Crippen molar-refractivity contribution in [2.24, 2.45) is 11.8 Å². The minimum absolute atomic E-state index is 0.105. The highest BCUT2D eigenvalue weighted by Crippen LogP contribution is 2.45. The lowest BCUT2D eigenvalue weighted by molar-refractivity contribution is -0.161. The van der Waals surface area contributed by atoms with E-state index in [1.807, 2.05) is 0 Å². The summed E-state index contributed by atoms with van der Waals surface area (Å²) in [6, 6.07) is 0. The Hall–Kier alpha value is -1.94. The molecule has 3 unspecified atom stereocenters. The number of hydrogen-bond acceptors (Lipinski definition) is 15. The molecule has 0 heterocycles. The molecule has 0 aromatic rings. The van der Waals surface area contributed by atoms with Crippen molar-refractivity contribution in [2.75, 3.05) is 39.6 Å². The van der Waals surface area contributed by atoms with Gasteiger partial charge < -0.3 is 33.8 Å². The van der Waals surface area contributed by atoms with Gasteiger partial charge in [-0.25, -0.2) is 9.13 Å². The molecule has 0 rings (SSSR count). The lowest BCUT2D eigenvalue weighted by Gasteiger charge is -2.21. The van der Waals surface area contributed by atoms with Gasteiger partial charge >= 0.3 is 39.5 Å². The predicted octanol–water partition coefficient (Wildman–Crippen LogP) is 18.4. The minimum atomic E-state index is -4.95. The molecular weight excluding hydrogens is 1130 g/mol. The van der Waals surface area contributed by atoms with Gasteiger partial charge in [-0.1, -0.05) is 279 Å². The SMILES string of the molecule is CCCCCCCCCCCCCCC(=O)OC[C@H](COP(=O)(O)OC[C@@H](O)COP(=O)(O)OC[C@@H](COC(=O)CCCCCCCCCC(C)C)OC(=O)CCCCCCCCCCCCC)OC(=O)CCCCCCCCCCC(C)CC. The molecule has 17 nitrogen and oxygen atoms in total. The van der Waals surface area contributed by atoms with Crippen molar-refractivity contribution in [3.63, 3.8) is 0 Å². The van der Waals surface area contributed by atoms with Crippen LogP contribution in [0.25, 0.3) is 0 Å². The molecule has 0 saturated carbocycles. The number of rotatable bonds is 65. The molecule has 0 aromatic heterocycles. The van der Waals surface area contributed by atoms with E-state index < -0.39 is 97.5 Å². The summed E-state index contributed by atoms with van der Waals surface area (Å²) in [6.45, 7) is 9.45. The van der Waals surface area contributed by atoms with Gasteiger partial charge in [-0.2, -0.15) is 0 Å². The molecule has 0 radical (unpaired) electrons. The van der Waals surface area contributed by atoms with Gasteiger partial charge in [0.1, 0.15) is 19.3 Å². The maximum absolute atomic E-state index is 13.0. The second kappa shape index (κ2) is 58.4. The average Bonchev–Trinajstić information content (AvgIpc) is 3.55. The van der Waals surface area contributed by atoms with E-state index in [1.54, 1.807) is 0 Å². The fourth-order valence-corrected chi connectivity index (χ4v) is 11.4. The van der Waals surface area contributed by atoms with Gasteiger partial charge in [0.15, 0.2) is 12.2 Å². The Morgan fingerprint density at radius 3 is 0.894 bits per heavy atom. The monoisotopic (exact) mass is 1250 g/mol. The molecule has 0 spiro atoms. The molecular formula is C66H128O17P2. The Balaban J connectivity index is 5.25. The topological polar surface area (TPSA) is 237 Å². The maximum Gasteiger partial charge on any atom is 0.472 e. The van der Waals surface area contributed by atoms with E-state index in [2.05, 4.69) is 41.5 Å². The van der Waals surface area contributed by atoms with E-state index in [-0.39, 0.29) is 25.7 Å². The van der Waals surface area contributed by atoms with E-state index in [0.717, 1.165) is 102 Å². The first-order chi connectivity index (χ1) is 40.9. The highest BCUT2D eigenvalue weighted by atomic mass is 31.2. The third-order valence-corrected chi connectivity index (χ3v) is 17.5. The van der Waals surface area contributed by atoms with Gasteiger partial charge in [-0.05, 0) is 37.5 Å². The summed E-state index contributed by atoms with van der Waals surface area (Å²) in [5.41, 5.74) is 0. The molecule has 0 bridgehead atoms. The average molecular weight is 1260 g/mol. The van der Waals surface area contributed by atoms with Crippen LogP contribution in [-0.4, -0.2) is 96.7 Å². The smallest absolute Gasteiger partial charge is 0.462 e. The third-order valence-electron chi connectivity index (χ3n) is 15.6. The Kier molecular flexibility index (Phi) is 57.1. The van der Waals surface area contributed by atoms with Crippen LogP contribution in [0.5, 0.6) is 0 Å². The summed E-state index contributed by atoms with van der Waals surface area (Å²) in [6.07, 6.45) is 41.6. The van der Waals surface area contributed by atoms with Crippen molar-refractivity contribution in [1.82, 2.24) is 0 Å². The van der Waals surface area contributed by atoms with Crippen molar-refractivity contribution < 1.29 is 80.2 Å². The number of aliphatic hydroxyl groups excluding tert-OH is 1. The van der Waals surface area contributed by atoms with Gasteiger partial charge in [-0.3, -0.25) is 37.3 Å². The normalized spacial score (nSPS) is 14.6. The van der Waals surface area contributed by atoms with Crippen LogP contribution < -0.4 is 0 Å². The van der Waals surface area contributed by atoms with Crippen molar-refractivity contribution >= 4 is 39.5 Å². The fraction of sp³-hybridized carbons (Fsp3) is 0.939. The molecule has 19 heteroatoms. The Morgan fingerprint density at radius 2 is 0.600 bits per heavy atom. The number of ether oxygens (including phenoxy) is 4. The van der Waals surface area contributed by atoms with Crippen LogP contribution in [0.3, 0.4) is 0 Å². The summed E-state index contributed by atoms with van der Waals surface area (Å²) in [7, 11) is -9.89. The number of hydrogen-bond donors (Lipinski definition) is 3. The largest absolute Gasteiger partial charge is 0.472 e. The Bertz CT molecular complexity index is 1670. The molecule has 85 heavy (non-hydrogen) atoms. The lowest BCUT2D eigenvalue weighted by Crippen LogP contribution is -2.30. The standard InChI is InChI=1S/C66H128O17P2/c1-7-10-12-14-16-18-20-22-23-30-36-42-48-63(68)76-54-61(83-66(71)51-45-39-32-26-25-29-35-41-47-59(6)9-3)56-80-84(72,73)78-52-60(67)53-79-85(74,75)81-57-62(55-77-64(69)49-43-37-33-27-28-34-40-46-58(4)5)82-65(70)50-44-38-31-24-21-19-17-15-13-11-8-2/h58-62,67H,7-57H2,1-6H3,(H,72,73)(H,74,75)/t59?,60-,61-,62-/m1/s1. The molecule has 0 aromatic carbocycles. The number of phosphoric acid groups is 2. The summed E-state index contributed by atoms with van der Waals surface area (Å²) in [5, 5.41) is 10.6. The van der Waals surface area contributed by atoms with Gasteiger partial charge in [0.05, 0.1) is 26.4 Å². The number of phosphoric ester groups is 2. The summed E-state index contributed by atoms with van der Waals surface area (Å²) >= 11 is 0. The van der Waals surface area contributed by atoms with Gasteiger partial charge in [-0.15, -0.1) is 0 Å². The van der Waals surface area contributed by atoms with Crippen molar-refractivity contribution in [2.45, 2.75) is 349 Å². The van der Waals surface area contributed by atoms with Crippen molar-refractivity contribution in [3.8, 4) is 0 Å². The molecule has 0 aliphatic carbocycles. The first-order valence-corrected chi connectivity index (χ1v) is 37.5. The van der Waals surface area contributed by atoms with Crippen LogP contribution in [0.1, 0.15) is 330 Å². The van der Waals surface area contributed by atoms with Crippen molar-refractivity contribution in [1.29, 1.82) is 0 Å². The number of unbranched alkanes of at least 4 members (excludes halogenated alkanes) is 34. The third kappa shape index (κ3) is 59.5. The summed E-state index contributed by atoms with van der Waals surface area (Å²) in [5.74, 6) is -0.656. The number of carbonyl (C=O) groups excluding carboxylic acids is 4. The zero-order valence-electron chi connectivity index (χ0n) is 54.9. The van der Waals surface area contributed by atoms with Crippen LogP contribution in [0.2, 0.25) is 0 Å². The van der Waals surface area contributed by atoms with Crippen LogP contribution >= 0.6 is 15.6 Å². The number of aliphatic hydroxyl groups is 1. The molecule has 0 amide bonds. The molecule has 0 aliphatic heterocycles. The zero-order chi connectivity index (χ0) is 62.9. The first kappa shape index (κ1) is 83.1. The van der Waals surface area contributed by atoms with Crippen LogP contribution in [0.4, 0.5) is 0 Å². The van der Waals surface area contributed by atoms with Gasteiger partial charge in [0, 0.05) is 25.7 Å². The number of esters is 4. The van der Waals surface area contributed by atoms with Crippen LogP contribution in [-0.2, 0) is 65.4 Å². The minimum Gasteiger partial charge on any atom is -0.462 e. The van der Waals surface area contributed by atoms with Crippen molar-refractivity contribution in [3.05, 3.63) is 0 Å². The van der Waals surface area contributed by atoms with E-state index in [1.165, 1.54) is 141 Å². The number of carbonyl (C=O) groups is 4. The quantitative estimate of drug-likeness (QED) is 0.0222. The Morgan fingerprint density at radius 1 is 0.341 bits per heavy atom. The maximum atomic E-state index is 13.0. The second-order valence-corrected chi connectivity index (χ2v) is 27.5. The molecule has 0 aliphatic rings. The predicted molar refractivity (Wildman–Crippen MR) is 340 cm³/mol. The second-order valence-electron chi connectivity index (χ2n) is 24.6. The molecule has 0 fully saturated rings. The zero-order valence-corrected chi connectivity index (χ0v) is 56.7. The van der Waals surface area contributed by atoms with Gasteiger partial charge in [0.2, 0.25) is 0 Å². The molecule has 504 valence electrons. The highest BCUT2D eigenvalue weighted by molar-refractivity contribution is 7.47. The van der Waals surface area contributed by atoms with Crippen LogP contribution in [0.15, 0.2) is 0 Å². The van der Waals surface area contributed by atoms with E-state index >= 15 is 0 Å². The molecule has 6 atom stereocenters. The Labute approximate surface area is 517 Å². The summed E-state index contributed by atoms with van der Waals surface area (Å²) < 4.78 is 68.1. The van der Waals surface area contributed by atoms with E-state index in [0.29, 0.717) is 31.6 Å². The van der Waals surface area contributed by atoms with E-state index in [4.69, 9.17) is 37.0 Å². The molecule has 3 N–H and O–H groups in total. The van der Waals surface area contributed by atoms with Crippen LogP contribution in [0, 0.1) is 11.8 Å². The lowest BCUT2D eigenvalue weighted by atomic mass is 9.99.